The lowest BCUT2D eigenvalue weighted by Gasteiger charge is -2.26. The number of ether oxygens (including phenoxy) is 1. The molecule has 4 rings (SSSR count). The number of carbonyl (C=O) groups is 1. The van der Waals surface area contributed by atoms with Crippen LogP contribution in [0.5, 0.6) is 5.75 Å². The first-order valence-electron chi connectivity index (χ1n) is 9.40. The van der Waals surface area contributed by atoms with Gasteiger partial charge in [0.2, 0.25) is 0 Å². The highest BCUT2D eigenvalue weighted by Crippen LogP contribution is 2.25. The number of nitrogens with zero attached hydrogens (tertiary/aromatic N) is 1. The van der Waals surface area contributed by atoms with Crippen molar-refractivity contribution in [2.75, 3.05) is 26.2 Å². The predicted molar refractivity (Wildman–Crippen MR) is 103 cm³/mol. The number of nitrogens with one attached hydrogen (secondary N) is 1. The SMILES string of the molecule is O=C(COc1ccc2ccc(=O)oc2c1)NCC(c1ccco1)N1CCCC1. The number of rotatable bonds is 7. The fourth-order valence-electron chi connectivity index (χ4n) is 3.48. The van der Waals surface area contributed by atoms with E-state index < -0.39 is 5.63 Å². The van der Waals surface area contributed by atoms with Crippen molar-refractivity contribution >= 4 is 16.9 Å². The van der Waals surface area contributed by atoms with Gasteiger partial charge in [-0.15, -0.1) is 0 Å². The molecule has 0 saturated carbocycles. The lowest BCUT2D eigenvalue weighted by atomic mass is 10.2. The number of amides is 1. The summed E-state index contributed by atoms with van der Waals surface area (Å²) in [6, 6.07) is 12.0. The number of likely N-dealkylation sites (tertiary alicyclic amines) is 1. The summed E-state index contributed by atoms with van der Waals surface area (Å²) in [7, 11) is 0. The Morgan fingerprint density at radius 1 is 1.18 bits per heavy atom. The zero-order valence-corrected chi connectivity index (χ0v) is 15.4. The van der Waals surface area contributed by atoms with Gasteiger partial charge < -0.3 is 18.9 Å². The molecule has 2 aromatic heterocycles. The van der Waals surface area contributed by atoms with Crippen molar-refractivity contribution in [3.63, 3.8) is 0 Å². The maximum Gasteiger partial charge on any atom is 0.336 e. The predicted octanol–water partition coefficient (Wildman–Crippen LogP) is 2.72. The second-order valence-corrected chi connectivity index (χ2v) is 6.82. The van der Waals surface area contributed by atoms with Crippen molar-refractivity contribution in [1.82, 2.24) is 10.2 Å². The molecule has 146 valence electrons. The molecule has 1 saturated heterocycles. The maximum absolute atomic E-state index is 12.3. The smallest absolute Gasteiger partial charge is 0.336 e. The van der Waals surface area contributed by atoms with E-state index in [4.69, 9.17) is 13.6 Å². The van der Waals surface area contributed by atoms with Crippen LogP contribution in [0.2, 0.25) is 0 Å². The first kappa shape index (κ1) is 18.3. The van der Waals surface area contributed by atoms with Crippen molar-refractivity contribution in [2.24, 2.45) is 0 Å². The molecule has 1 amide bonds. The van der Waals surface area contributed by atoms with E-state index in [1.807, 2.05) is 12.1 Å². The van der Waals surface area contributed by atoms with E-state index in [1.54, 1.807) is 30.5 Å². The van der Waals surface area contributed by atoms with Gasteiger partial charge in [0, 0.05) is 24.1 Å². The van der Waals surface area contributed by atoms with Crippen LogP contribution in [0.15, 0.2) is 62.4 Å². The van der Waals surface area contributed by atoms with Crippen molar-refractivity contribution < 1.29 is 18.4 Å². The van der Waals surface area contributed by atoms with Gasteiger partial charge in [-0.1, -0.05) is 0 Å². The van der Waals surface area contributed by atoms with Crippen LogP contribution >= 0.6 is 0 Å². The Morgan fingerprint density at radius 3 is 2.79 bits per heavy atom. The van der Waals surface area contributed by atoms with Crippen molar-refractivity contribution in [1.29, 1.82) is 0 Å². The highest BCUT2D eigenvalue weighted by molar-refractivity contribution is 5.79. The highest BCUT2D eigenvalue weighted by atomic mass is 16.5. The molecular weight excluding hydrogens is 360 g/mol. The topological polar surface area (TPSA) is 84.9 Å². The average Bonchev–Trinajstić information content (AvgIpc) is 3.41. The third kappa shape index (κ3) is 4.26. The van der Waals surface area contributed by atoms with Crippen LogP contribution < -0.4 is 15.7 Å². The van der Waals surface area contributed by atoms with Crippen molar-refractivity contribution in [3.8, 4) is 5.75 Å². The van der Waals surface area contributed by atoms with Crippen LogP contribution in [-0.4, -0.2) is 37.0 Å². The molecule has 28 heavy (non-hydrogen) atoms. The first-order valence-corrected chi connectivity index (χ1v) is 9.40. The van der Waals surface area contributed by atoms with Crippen LogP contribution in [0.4, 0.5) is 0 Å². The van der Waals surface area contributed by atoms with Crippen LogP contribution in [0.1, 0.15) is 24.6 Å². The minimum absolute atomic E-state index is 0.0244. The highest BCUT2D eigenvalue weighted by Gasteiger charge is 2.25. The number of benzene rings is 1. The summed E-state index contributed by atoms with van der Waals surface area (Å²) < 4.78 is 16.2. The molecule has 1 fully saturated rings. The lowest BCUT2D eigenvalue weighted by Crippen LogP contribution is -2.38. The second kappa shape index (κ2) is 8.31. The molecule has 7 heteroatoms. The van der Waals surface area contributed by atoms with Crippen LogP contribution in [-0.2, 0) is 4.79 Å². The van der Waals surface area contributed by atoms with Crippen molar-refractivity contribution in [3.05, 3.63) is 64.9 Å². The Balaban J connectivity index is 1.34. The van der Waals surface area contributed by atoms with E-state index in [9.17, 15) is 9.59 Å². The molecule has 1 N–H and O–H groups in total. The summed E-state index contributed by atoms with van der Waals surface area (Å²) in [5.74, 6) is 1.11. The van der Waals surface area contributed by atoms with Crippen LogP contribution in [0.3, 0.4) is 0 Å². The Kier molecular flexibility index (Phi) is 5.43. The van der Waals surface area contributed by atoms with Gasteiger partial charge in [-0.2, -0.15) is 0 Å². The number of furan rings is 1. The quantitative estimate of drug-likeness (QED) is 0.633. The van der Waals surface area contributed by atoms with Gasteiger partial charge in [0.25, 0.3) is 5.91 Å². The molecule has 0 aliphatic carbocycles. The molecule has 3 heterocycles. The van der Waals surface area contributed by atoms with Gasteiger partial charge in [-0.3, -0.25) is 9.69 Å². The number of hydrogen-bond donors (Lipinski definition) is 1. The van der Waals surface area contributed by atoms with Gasteiger partial charge in [0.15, 0.2) is 6.61 Å². The minimum atomic E-state index is -0.423. The Hall–Kier alpha value is -3.06. The molecule has 1 aliphatic rings. The third-order valence-electron chi connectivity index (χ3n) is 4.91. The van der Waals surface area contributed by atoms with Crippen LogP contribution in [0.25, 0.3) is 11.0 Å². The summed E-state index contributed by atoms with van der Waals surface area (Å²) in [4.78, 5) is 25.9. The normalized spacial score (nSPS) is 15.6. The fourth-order valence-corrected chi connectivity index (χ4v) is 3.48. The zero-order valence-electron chi connectivity index (χ0n) is 15.4. The Morgan fingerprint density at radius 2 is 2.00 bits per heavy atom. The molecular formula is C21H22N2O5. The van der Waals surface area contributed by atoms with Crippen LogP contribution in [0, 0.1) is 0 Å². The Bertz CT molecular complexity index is 989. The van der Waals surface area contributed by atoms with E-state index in [1.165, 1.54) is 6.07 Å². The van der Waals surface area contributed by atoms with Gasteiger partial charge in [-0.05, 0) is 56.3 Å². The number of carbonyl (C=O) groups excluding carboxylic acids is 1. The van der Waals surface area contributed by atoms with Gasteiger partial charge in [0.1, 0.15) is 17.1 Å². The molecule has 1 unspecified atom stereocenters. The van der Waals surface area contributed by atoms with Gasteiger partial charge >= 0.3 is 5.63 Å². The van der Waals surface area contributed by atoms with E-state index in [0.717, 1.165) is 37.1 Å². The van der Waals surface area contributed by atoms with E-state index >= 15 is 0 Å². The largest absolute Gasteiger partial charge is 0.484 e. The van der Waals surface area contributed by atoms with Gasteiger partial charge in [-0.25, -0.2) is 4.79 Å². The van der Waals surface area contributed by atoms with E-state index in [2.05, 4.69) is 10.2 Å². The molecule has 1 aliphatic heterocycles. The Labute approximate surface area is 161 Å². The summed E-state index contributed by atoms with van der Waals surface area (Å²) >= 11 is 0. The lowest BCUT2D eigenvalue weighted by molar-refractivity contribution is -0.123. The molecule has 0 spiro atoms. The maximum atomic E-state index is 12.3. The molecule has 0 radical (unpaired) electrons. The van der Waals surface area contributed by atoms with E-state index in [0.29, 0.717) is 17.9 Å². The molecule has 3 aromatic rings. The second-order valence-electron chi connectivity index (χ2n) is 6.82. The molecule has 7 nitrogen and oxygen atoms in total. The summed E-state index contributed by atoms with van der Waals surface area (Å²) in [6.45, 7) is 2.34. The first-order chi connectivity index (χ1) is 13.7. The minimum Gasteiger partial charge on any atom is -0.484 e. The monoisotopic (exact) mass is 382 g/mol. The molecule has 0 bridgehead atoms. The van der Waals surface area contributed by atoms with Crippen molar-refractivity contribution in [2.45, 2.75) is 18.9 Å². The third-order valence-corrected chi connectivity index (χ3v) is 4.91. The molecule has 1 aromatic carbocycles. The summed E-state index contributed by atoms with van der Waals surface area (Å²) in [5, 5.41) is 3.72. The fraction of sp³-hybridized carbons (Fsp3) is 0.333. The summed E-state index contributed by atoms with van der Waals surface area (Å²) in [6.07, 6.45) is 3.97. The van der Waals surface area contributed by atoms with Gasteiger partial charge in [0.05, 0.1) is 12.3 Å². The zero-order chi connectivity index (χ0) is 19.3. The molecule has 1 atom stereocenters. The summed E-state index contributed by atoms with van der Waals surface area (Å²) in [5.41, 5.74) is 0.00518. The number of hydrogen-bond acceptors (Lipinski definition) is 6. The average molecular weight is 382 g/mol. The number of fused-ring (bicyclic) bond motifs is 1. The standard InChI is InChI=1S/C21H22N2O5/c24-20(14-27-16-7-5-15-6-8-21(25)28-19(15)12-16)22-13-17(18-4-3-11-26-18)23-9-1-2-10-23/h3-8,11-12,17H,1-2,9-10,13-14H2,(H,22,24). The van der Waals surface area contributed by atoms with E-state index in [-0.39, 0.29) is 18.6 Å².